The van der Waals surface area contributed by atoms with Gasteiger partial charge < -0.3 is 4.74 Å². The molecule has 0 amide bonds. The molecule has 0 saturated carbocycles. The fraction of sp³-hybridized carbons (Fsp3) is 1.00. The van der Waals surface area contributed by atoms with Gasteiger partial charge in [0.1, 0.15) is 0 Å². The Morgan fingerprint density at radius 2 is 1.15 bits per heavy atom. The molecule has 0 unspecified atom stereocenters. The van der Waals surface area contributed by atoms with Crippen LogP contribution in [-0.4, -0.2) is 30.8 Å². The number of hydrogen-bond donors (Lipinski definition) is 0. The normalized spacial score (nSPS) is 11.5. The molecule has 3 heteroatoms. The van der Waals surface area contributed by atoms with Gasteiger partial charge in [-0.25, -0.2) is 0 Å². The zero-order valence-corrected chi connectivity index (χ0v) is 11.7. The molecule has 0 bridgehead atoms. The Morgan fingerprint density at radius 1 is 0.769 bits per heavy atom. The van der Waals surface area contributed by atoms with Gasteiger partial charge in [0.2, 0.25) is 0 Å². The van der Waals surface area contributed by atoms with Crippen LogP contribution in [0.1, 0.15) is 12.8 Å². The summed E-state index contributed by atoms with van der Waals surface area (Å²) < 4.78 is 5.57. The Hall–Kier alpha value is 0.394. The summed E-state index contributed by atoms with van der Waals surface area (Å²) in [7, 11) is -0.0307. The van der Waals surface area contributed by atoms with Crippen LogP contribution in [0.4, 0.5) is 0 Å². The van der Waals surface area contributed by atoms with Gasteiger partial charge in [0.15, 0.2) is 0 Å². The van der Waals surface area contributed by atoms with Crippen molar-refractivity contribution < 1.29 is 4.74 Å². The summed E-state index contributed by atoms with van der Waals surface area (Å²) >= 11 is 0. The molecule has 0 heterocycles. The van der Waals surface area contributed by atoms with Crippen molar-refractivity contribution >= 4 is 17.6 Å². The predicted octanol–water partition coefficient (Wildman–Crippen LogP) is 3.29. The molecule has 0 aromatic heterocycles. The molecule has 0 aliphatic rings. The second-order valence-corrected chi connectivity index (χ2v) is 10.1. The second-order valence-electron chi connectivity index (χ2n) is 4.23. The first kappa shape index (κ1) is 13.4. The summed E-state index contributed by atoms with van der Waals surface area (Å²) in [6.45, 7) is 11.5. The van der Waals surface area contributed by atoms with Gasteiger partial charge in [0, 0.05) is 30.8 Å². The van der Waals surface area contributed by atoms with E-state index in [0.717, 1.165) is 13.2 Å². The third-order valence-corrected chi connectivity index (χ3v) is 4.64. The fourth-order valence-corrected chi connectivity index (χ4v) is 2.86. The third-order valence-electron chi connectivity index (χ3n) is 1.93. The van der Waals surface area contributed by atoms with Gasteiger partial charge in [0.25, 0.3) is 0 Å². The molecular weight excluding hydrogens is 192 g/mol. The zero-order valence-electron chi connectivity index (χ0n) is 9.65. The van der Waals surface area contributed by atoms with Gasteiger partial charge >= 0.3 is 0 Å². The molecule has 0 fully saturated rings. The van der Waals surface area contributed by atoms with E-state index in [1.807, 2.05) is 0 Å². The monoisotopic (exact) mass is 216 g/mol. The topological polar surface area (TPSA) is 9.23 Å². The van der Waals surface area contributed by atoms with Crippen LogP contribution < -0.4 is 0 Å². The van der Waals surface area contributed by atoms with E-state index in [1.54, 1.807) is 0 Å². The van der Waals surface area contributed by atoms with Gasteiger partial charge in [-0.05, 0) is 12.8 Å². The van der Waals surface area contributed by atoms with Crippen LogP contribution in [0.15, 0.2) is 0 Å². The van der Waals surface area contributed by atoms with E-state index in [9.17, 15) is 0 Å². The lowest BCUT2D eigenvalue weighted by Crippen LogP contribution is -2.05. The van der Waals surface area contributed by atoms with E-state index < -0.39 is 0 Å². The lowest BCUT2D eigenvalue weighted by Gasteiger charge is -2.06. The Balaban J connectivity index is 2.92. The molecule has 0 aliphatic heterocycles. The van der Waals surface area contributed by atoms with Crippen LogP contribution in [0.3, 0.4) is 0 Å². The first-order chi connectivity index (χ1) is 6.13. The summed E-state index contributed by atoms with van der Waals surface area (Å²) in [6, 6.07) is 2.81. The summed E-state index contributed by atoms with van der Waals surface area (Å²) in [5, 5.41) is 0. The first-order valence-electron chi connectivity index (χ1n) is 5.28. The second kappa shape index (κ2) is 8.97. The van der Waals surface area contributed by atoms with E-state index in [0.29, 0.717) is 0 Å². The molecule has 0 aromatic carbocycles. The highest BCUT2D eigenvalue weighted by Gasteiger charge is 1.97. The maximum atomic E-state index is 5.57. The fourth-order valence-electron chi connectivity index (χ4n) is 1.16. The van der Waals surface area contributed by atoms with Crippen LogP contribution in [0.2, 0.25) is 38.3 Å². The zero-order chi connectivity index (χ0) is 10.1. The molecule has 1 nitrogen and oxygen atoms in total. The van der Waals surface area contributed by atoms with Crippen LogP contribution in [-0.2, 0) is 4.74 Å². The standard InChI is InChI=1S/C10H24OSi2/c1-12(2)9-5-7-11-8-6-10-13(3)4/h5-10H2,1-4H3. The average molecular weight is 216 g/mol. The Bertz CT molecular complexity index is 93.1. The van der Waals surface area contributed by atoms with E-state index in [-0.39, 0.29) is 17.6 Å². The van der Waals surface area contributed by atoms with Gasteiger partial charge in [-0.3, -0.25) is 0 Å². The van der Waals surface area contributed by atoms with Crippen LogP contribution in [0.25, 0.3) is 0 Å². The molecular formula is C10H24OSi2. The molecule has 2 radical (unpaired) electrons. The lowest BCUT2D eigenvalue weighted by atomic mass is 10.5. The van der Waals surface area contributed by atoms with Gasteiger partial charge in [-0.1, -0.05) is 38.3 Å². The average Bonchev–Trinajstić information content (AvgIpc) is 2.01. The van der Waals surface area contributed by atoms with E-state index >= 15 is 0 Å². The minimum atomic E-state index is -0.0154. The first-order valence-corrected chi connectivity index (χ1v) is 10.7. The molecule has 13 heavy (non-hydrogen) atoms. The highest BCUT2D eigenvalue weighted by molar-refractivity contribution is 6.55. The van der Waals surface area contributed by atoms with E-state index in [1.165, 1.54) is 24.9 Å². The van der Waals surface area contributed by atoms with Gasteiger partial charge in [-0.2, -0.15) is 0 Å². The molecule has 0 saturated heterocycles. The highest BCUT2D eigenvalue weighted by atomic mass is 28.3. The van der Waals surface area contributed by atoms with Gasteiger partial charge in [0.05, 0.1) is 0 Å². The highest BCUT2D eigenvalue weighted by Crippen LogP contribution is 2.00. The van der Waals surface area contributed by atoms with Crippen molar-refractivity contribution in [1.82, 2.24) is 0 Å². The minimum Gasteiger partial charge on any atom is -0.381 e. The summed E-state index contributed by atoms with van der Waals surface area (Å²) in [6.07, 6.45) is 2.55. The van der Waals surface area contributed by atoms with Crippen LogP contribution >= 0.6 is 0 Å². The van der Waals surface area contributed by atoms with Crippen molar-refractivity contribution in [3.05, 3.63) is 0 Å². The van der Waals surface area contributed by atoms with Crippen molar-refractivity contribution in [2.75, 3.05) is 13.2 Å². The van der Waals surface area contributed by atoms with Crippen molar-refractivity contribution in [3.8, 4) is 0 Å². The van der Waals surface area contributed by atoms with Gasteiger partial charge in [-0.15, -0.1) is 0 Å². The van der Waals surface area contributed by atoms with Crippen molar-refractivity contribution in [3.63, 3.8) is 0 Å². The van der Waals surface area contributed by atoms with Crippen LogP contribution in [0.5, 0.6) is 0 Å². The number of ether oxygens (including phenoxy) is 1. The SMILES string of the molecule is C[Si](C)CCCOCCC[Si](C)C. The summed E-state index contributed by atoms with van der Waals surface area (Å²) in [4.78, 5) is 0. The quantitative estimate of drug-likeness (QED) is 0.447. The van der Waals surface area contributed by atoms with Crippen molar-refractivity contribution in [2.24, 2.45) is 0 Å². The van der Waals surface area contributed by atoms with Crippen molar-refractivity contribution in [2.45, 2.75) is 51.1 Å². The minimum absolute atomic E-state index is 0.0154. The molecule has 0 aliphatic carbocycles. The van der Waals surface area contributed by atoms with Crippen LogP contribution in [0, 0.1) is 0 Å². The van der Waals surface area contributed by atoms with Crippen molar-refractivity contribution in [1.29, 1.82) is 0 Å². The Kier molecular flexibility index (Phi) is 9.24. The summed E-state index contributed by atoms with van der Waals surface area (Å²) in [5.41, 5.74) is 0. The number of hydrogen-bond acceptors (Lipinski definition) is 1. The third kappa shape index (κ3) is 12.4. The number of rotatable bonds is 8. The Morgan fingerprint density at radius 3 is 1.46 bits per heavy atom. The molecule has 78 valence electrons. The van der Waals surface area contributed by atoms with E-state index in [2.05, 4.69) is 26.2 Å². The smallest absolute Gasteiger partial charge is 0.0463 e. The molecule has 0 N–H and O–H groups in total. The molecule has 0 aromatic rings. The largest absolute Gasteiger partial charge is 0.381 e. The summed E-state index contributed by atoms with van der Waals surface area (Å²) in [5.74, 6) is 0. The lowest BCUT2D eigenvalue weighted by molar-refractivity contribution is 0.135. The van der Waals surface area contributed by atoms with E-state index in [4.69, 9.17) is 4.74 Å². The molecule has 0 atom stereocenters. The maximum absolute atomic E-state index is 5.57. The molecule has 0 rings (SSSR count). The Labute approximate surface area is 87.1 Å². The molecule has 0 spiro atoms. The predicted molar refractivity (Wildman–Crippen MR) is 64.6 cm³/mol. The maximum Gasteiger partial charge on any atom is 0.0463 e.